The number of aromatic nitrogens is 2. The van der Waals surface area contributed by atoms with E-state index in [1.165, 1.54) is 10.5 Å². The maximum absolute atomic E-state index is 13.1. The number of rotatable bonds is 4. The summed E-state index contributed by atoms with van der Waals surface area (Å²) in [6, 6.07) is 2.37. The van der Waals surface area contributed by atoms with E-state index in [1.807, 2.05) is 20.8 Å². The van der Waals surface area contributed by atoms with Crippen LogP contribution in [-0.4, -0.2) is 15.3 Å². The van der Waals surface area contributed by atoms with Crippen molar-refractivity contribution in [3.05, 3.63) is 29.6 Å². The van der Waals surface area contributed by atoms with Crippen LogP contribution in [0, 0.1) is 11.3 Å². The molecule has 0 aliphatic heterocycles. The highest BCUT2D eigenvalue weighted by Gasteiger charge is 2.32. The van der Waals surface area contributed by atoms with Crippen LogP contribution in [0.2, 0.25) is 0 Å². The van der Waals surface area contributed by atoms with Gasteiger partial charge in [0.15, 0.2) is 5.82 Å². The molecule has 2 aromatic heterocycles. The molecule has 0 spiro atoms. The Hall–Kier alpha value is -2.05. The summed E-state index contributed by atoms with van der Waals surface area (Å²) in [6.45, 7) is 6.01. The van der Waals surface area contributed by atoms with E-state index in [0.717, 1.165) is 37.9 Å². The molecule has 0 unspecified atom stereocenters. The summed E-state index contributed by atoms with van der Waals surface area (Å²) >= 11 is 0. The molecule has 0 radical (unpaired) electrons. The van der Waals surface area contributed by atoms with E-state index < -0.39 is 11.7 Å². The number of carbonyl (C=O) groups is 1. The maximum atomic E-state index is 13.1. The van der Waals surface area contributed by atoms with Gasteiger partial charge in [-0.2, -0.15) is 13.2 Å². The molecule has 1 saturated carbocycles. The first-order chi connectivity index (χ1) is 12.5. The number of amides is 1. The second kappa shape index (κ2) is 7.17. The molecule has 1 aliphatic rings. The third kappa shape index (κ3) is 4.82. The Kier molecular flexibility index (Phi) is 5.23. The lowest BCUT2D eigenvalue weighted by Crippen LogP contribution is -2.18. The number of carbonyl (C=O) groups excluding carboxylic acids is 1. The fourth-order valence-corrected chi connectivity index (χ4v) is 3.69. The number of hydrogen-bond acceptors (Lipinski definition) is 2. The van der Waals surface area contributed by atoms with E-state index in [2.05, 4.69) is 10.3 Å². The van der Waals surface area contributed by atoms with Crippen molar-refractivity contribution < 1.29 is 18.0 Å². The zero-order valence-corrected chi connectivity index (χ0v) is 16.0. The number of alkyl halides is 3. The maximum Gasteiger partial charge on any atom is 0.417 e. The molecule has 148 valence electrons. The predicted molar refractivity (Wildman–Crippen MR) is 98.6 cm³/mol. The van der Waals surface area contributed by atoms with Crippen LogP contribution in [0.4, 0.5) is 19.0 Å². The Bertz CT molecular complexity index is 827. The molecule has 4 nitrogen and oxygen atoms in total. The van der Waals surface area contributed by atoms with Gasteiger partial charge in [0.05, 0.1) is 11.3 Å². The molecule has 0 saturated heterocycles. The summed E-state index contributed by atoms with van der Waals surface area (Å²) < 4.78 is 40.8. The lowest BCUT2D eigenvalue weighted by Gasteiger charge is -2.19. The summed E-state index contributed by atoms with van der Waals surface area (Å²) in [6.07, 6.45) is 2.00. The largest absolute Gasteiger partial charge is 0.417 e. The van der Waals surface area contributed by atoms with E-state index >= 15 is 0 Å². The molecule has 1 aliphatic carbocycles. The lowest BCUT2D eigenvalue weighted by molar-refractivity contribution is -0.137. The molecule has 0 aromatic carbocycles. The summed E-state index contributed by atoms with van der Waals surface area (Å²) in [7, 11) is 0. The number of nitrogens with one attached hydrogen (secondary N) is 1. The van der Waals surface area contributed by atoms with Gasteiger partial charge in [-0.25, -0.2) is 4.98 Å². The van der Waals surface area contributed by atoms with Crippen LogP contribution in [0.15, 0.2) is 18.3 Å². The average Bonchev–Trinajstić information content (AvgIpc) is 3.13. The SMILES string of the molecule is CC(C)(C)Cc1c(NC(=O)CC2CCCC2)nc2ccc(C(F)(F)F)cn12. The lowest BCUT2D eigenvalue weighted by atomic mass is 9.90. The van der Waals surface area contributed by atoms with Crippen LogP contribution >= 0.6 is 0 Å². The second-order valence-electron chi connectivity index (χ2n) is 8.69. The van der Waals surface area contributed by atoms with Crippen LogP contribution < -0.4 is 5.32 Å². The number of halogens is 3. The van der Waals surface area contributed by atoms with Gasteiger partial charge in [-0.3, -0.25) is 4.79 Å². The Morgan fingerprint density at radius 2 is 1.89 bits per heavy atom. The van der Waals surface area contributed by atoms with Crippen molar-refractivity contribution in [3.63, 3.8) is 0 Å². The van der Waals surface area contributed by atoms with Crippen molar-refractivity contribution in [2.45, 2.75) is 65.5 Å². The van der Waals surface area contributed by atoms with Gasteiger partial charge in [0.1, 0.15) is 5.65 Å². The van der Waals surface area contributed by atoms with E-state index in [4.69, 9.17) is 0 Å². The van der Waals surface area contributed by atoms with E-state index in [-0.39, 0.29) is 11.3 Å². The normalized spacial score (nSPS) is 16.2. The first kappa shape index (κ1) is 19.7. The quantitative estimate of drug-likeness (QED) is 0.764. The number of imidazole rings is 1. The van der Waals surface area contributed by atoms with E-state index in [9.17, 15) is 18.0 Å². The Morgan fingerprint density at radius 3 is 2.48 bits per heavy atom. The topological polar surface area (TPSA) is 46.4 Å². The van der Waals surface area contributed by atoms with Gasteiger partial charge >= 0.3 is 6.18 Å². The van der Waals surface area contributed by atoms with Crippen molar-refractivity contribution in [1.82, 2.24) is 9.38 Å². The van der Waals surface area contributed by atoms with Gasteiger partial charge < -0.3 is 9.72 Å². The highest BCUT2D eigenvalue weighted by atomic mass is 19.4. The summed E-state index contributed by atoms with van der Waals surface area (Å²) in [4.78, 5) is 16.8. The predicted octanol–water partition coefficient (Wildman–Crippen LogP) is 5.46. The molecule has 7 heteroatoms. The minimum Gasteiger partial charge on any atom is -0.309 e. The van der Waals surface area contributed by atoms with Crippen LogP contribution in [0.3, 0.4) is 0 Å². The Morgan fingerprint density at radius 1 is 1.22 bits per heavy atom. The Labute approximate surface area is 157 Å². The van der Waals surface area contributed by atoms with Crippen molar-refractivity contribution in [1.29, 1.82) is 0 Å². The van der Waals surface area contributed by atoms with Crippen molar-refractivity contribution in [2.24, 2.45) is 11.3 Å². The number of pyridine rings is 1. The first-order valence-corrected chi connectivity index (χ1v) is 9.41. The zero-order chi connectivity index (χ0) is 19.8. The van der Waals surface area contributed by atoms with Crippen LogP contribution in [0.1, 0.15) is 64.1 Å². The van der Waals surface area contributed by atoms with Gasteiger partial charge in [-0.15, -0.1) is 0 Å². The number of fused-ring (bicyclic) bond motifs is 1. The molecule has 0 bridgehead atoms. The Balaban J connectivity index is 1.94. The van der Waals surface area contributed by atoms with Crippen LogP contribution in [-0.2, 0) is 17.4 Å². The molecular formula is C20H26F3N3O. The number of anilines is 1. The first-order valence-electron chi connectivity index (χ1n) is 9.41. The minimum absolute atomic E-state index is 0.114. The minimum atomic E-state index is -4.43. The van der Waals surface area contributed by atoms with E-state index in [1.54, 1.807) is 0 Å². The van der Waals surface area contributed by atoms with Crippen molar-refractivity contribution in [2.75, 3.05) is 5.32 Å². The molecule has 2 aromatic rings. The van der Waals surface area contributed by atoms with Gasteiger partial charge in [-0.05, 0) is 42.7 Å². The third-order valence-electron chi connectivity index (χ3n) is 4.95. The standard InChI is InChI=1S/C20H26F3N3O/c1-19(2,3)11-15-18(25-17(27)10-13-6-4-5-7-13)24-16-9-8-14(12-26(15)16)20(21,22)23/h8-9,12-13H,4-7,10-11H2,1-3H3,(H,25,27). The second-order valence-corrected chi connectivity index (χ2v) is 8.69. The molecule has 2 heterocycles. The summed E-state index contributed by atoms with van der Waals surface area (Å²) in [5.74, 6) is 0.647. The van der Waals surface area contributed by atoms with Gasteiger partial charge in [-0.1, -0.05) is 33.6 Å². The average molecular weight is 381 g/mol. The molecule has 27 heavy (non-hydrogen) atoms. The van der Waals surface area contributed by atoms with Crippen LogP contribution in [0.25, 0.3) is 5.65 Å². The van der Waals surface area contributed by atoms with E-state index in [0.29, 0.717) is 35.9 Å². The summed E-state index contributed by atoms with van der Waals surface area (Å²) in [5.41, 5.74) is 0.1000. The number of hydrogen-bond donors (Lipinski definition) is 1. The fraction of sp³-hybridized carbons (Fsp3) is 0.600. The fourth-order valence-electron chi connectivity index (χ4n) is 3.69. The third-order valence-corrected chi connectivity index (χ3v) is 4.95. The smallest absolute Gasteiger partial charge is 0.309 e. The van der Waals surface area contributed by atoms with Crippen molar-refractivity contribution >= 4 is 17.4 Å². The molecular weight excluding hydrogens is 355 g/mol. The zero-order valence-electron chi connectivity index (χ0n) is 16.0. The van der Waals surface area contributed by atoms with Crippen molar-refractivity contribution in [3.8, 4) is 0 Å². The molecule has 1 fully saturated rings. The monoisotopic (exact) mass is 381 g/mol. The molecule has 0 atom stereocenters. The molecule has 3 rings (SSSR count). The van der Waals surface area contributed by atoms with Crippen LogP contribution in [0.5, 0.6) is 0 Å². The van der Waals surface area contributed by atoms with Gasteiger partial charge in [0, 0.05) is 12.6 Å². The summed E-state index contributed by atoms with van der Waals surface area (Å²) in [5, 5.41) is 2.86. The highest BCUT2D eigenvalue weighted by Crippen LogP contribution is 2.33. The van der Waals surface area contributed by atoms with Gasteiger partial charge in [0.2, 0.25) is 5.91 Å². The molecule has 1 N–H and O–H groups in total. The highest BCUT2D eigenvalue weighted by molar-refractivity contribution is 5.91. The van der Waals surface area contributed by atoms with Gasteiger partial charge in [0.25, 0.3) is 0 Å². The molecule has 1 amide bonds. The number of nitrogens with zero attached hydrogens (tertiary/aromatic N) is 2.